The number of hydrogen-bond acceptors (Lipinski definition) is 4. The number of rotatable bonds is 5. The summed E-state index contributed by atoms with van der Waals surface area (Å²) in [5.74, 6) is -0.0790. The van der Waals surface area contributed by atoms with Gasteiger partial charge in [-0.25, -0.2) is 4.79 Å². The summed E-state index contributed by atoms with van der Waals surface area (Å²) in [4.78, 5) is 29.5. The Hall–Kier alpha value is -2.08. The van der Waals surface area contributed by atoms with Crippen molar-refractivity contribution < 1.29 is 14.3 Å². The van der Waals surface area contributed by atoms with Gasteiger partial charge >= 0.3 is 6.09 Å². The molecule has 2 aliphatic heterocycles. The van der Waals surface area contributed by atoms with E-state index in [4.69, 9.17) is 4.74 Å². The van der Waals surface area contributed by atoms with Gasteiger partial charge in [0.05, 0.1) is 6.04 Å². The Balaban J connectivity index is 1.64. The number of likely N-dealkylation sites (tertiary alicyclic amines) is 2. The van der Waals surface area contributed by atoms with E-state index in [2.05, 4.69) is 41.4 Å². The summed E-state index contributed by atoms with van der Waals surface area (Å²) in [5.41, 5.74) is 1.90. The molecule has 1 unspecified atom stereocenters. The number of carbonyl (C=O) groups excluding carboxylic acids is 2. The zero-order chi connectivity index (χ0) is 21.0. The Kier molecular flexibility index (Phi) is 6.83. The Morgan fingerprint density at radius 3 is 2.38 bits per heavy atom. The maximum absolute atomic E-state index is 13.0. The van der Waals surface area contributed by atoms with Gasteiger partial charge in [-0.2, -0.15) is 0 Å². The van der Waals surface area contributed by atoms with E-state index in [1.807, 2.05) is 20.8 Å². The summed E-state index contributed by atoms with van der Waals surface area (Å²) < 4.78 is 5.49. The zero-order valence-corrected chi connectivity index (χ0v) is 18.2. The molecule has 2 heterocycles. The molecule has 2 fully saturated rings. The van der Waals surface area contributed by atoms with Crippen LogP contribution < -0.4 is 5.32 Å². The molecule has 6 heteroatoms. The second kappa shape index (κ2) is 9.16. The van der Waals surface area contributed by atoms with Crippen LogP contribution in [0.1, 0.15) is 63.6 Å². The quantitative estimate of drug-likeness (QED) is 0.818. The second-order valence-corrected chi connectivity index (χ2v) is 9.25. The molecule has 2 atom stereocenters. The maximum Gasteiger partial charge on any atom is 0.410 e. The normalized spacial score (nSPS) is 21.2. The first-order valence-corrected chi connectivity index (χ1v) is 10.8. The van der Waals surface area contributed by atoms with E-state index in [0.29, 0.717) is 19.5 Å². The van der Waals surface area contributed by atoms with Gasteiger partial charge in [-0.05, 0) is 72.0 Å². The Morgan fingerprint density at radius 2 is 1.76 bits per heavy atom. The fourth-order valence-corrected chi connectivity index (χ4v) is 4.19. The molecule has 160 valence electrons. The molecule has 6 nitrogen and oxygen atoms in total. The van der Waals surface area contributed by atoms with E-state index in [9.17, 15) is 9.59 Å². The molecule has 29 heavy (non-hydrogen) atoms. The van der Waals surface area contributed by atoms with E-state index in [1.165, 1.54) is 24.0 Å². The largest absolute Gasteiger partial charge is 0.444 e. The molecular weight excluding hydrogens is 366 g/mol. The fourth-order valence-electron chi connectivity index (χ4n) is 4.19. The Morgan fingerprint density at radius 1 is 1.10 bits per heavy atom. The predicted molar refractivity (Wildman–Crippen MR) is 114 cm³/mol. The number of aryl methyl sites for hydroxylation is 1. The van der Waals surface area contributed by atoms with Crippen LogP contribution in [-0.4, -0.2) is 59.6 Å². The monoisotopic (exact) mass is 401 g/mol. The lowest BCUT2D eigenvalue weighted by Gasteiger charge is -2.30. The number of ether oxygens (including phenoxy) is 1. The van der Waals surface area contributed by atoms with E-state index in [-0.39, 0.29) is 11.9 Å². The van der Waals surface area contributed by atoms with Gasteiger partial charge in [-0.15, -0.1) is 0 Å². The molecule has 1 N–H and O–H groups in total. The molecule has 0 spiro atoms. The molecule has 2 aliphatic rings. The molecule has 0 aliphatic carbocycles. The first-order chi connectivity index (χ1) is 13.7. The van der Waals surface area contributed by atoms with Crippen molar-refractivity contribution in [3.8, 4) is 0 Å². The zero-order valence-electron chi connectivity index (χ0n) is 18.2. The van der Waals surface area contributed by atoms with Crippen molar-refractivity contribution in [2.45, 2.75) is 71.1 Å². The van der Waals surface area contributed by atoms with Gasteiger partial charge in [-0.3, -0.25) is 14.6 Å². The first kappa shape index (κ1) is 21.6. The maximum atomic E-state index is 13.0. The van der Waals surface area contributed by atoms with Crippen LogP contribution in [0, 0.1) is 6.92 Å². The molecule has 0 saturated carbocycles. The van der Waals surface area contributed by atoms with Gasteiger partial charge in [-0.1, -0.05) is 29.8 Å². The smallest absolute Gasteiger partial charge is 0.410 e. The van der Waals surface area contributed by atoms with Crippen molar-refractivity contribution in [3.05, 3.63) is 35.4 Å². The topological polar surface area (TPSA) is 61.9 Å². The molecule has 0 bridgehead atoms. The average Bonchev–Trinajstić information content (AvgIpc) is 3.33. The minimum Gasteiger partial charge on any atom is -0.444 e. The molecule has 2 amide bonds. The van der Waals surface area contributed by atoms with E-state index >= 15 is 0 Å². The van der Waals surface area contributed by atoms with Gasteiger partial charge in [0, 0.05) is 13.1 Å². The van der Waals surface area contributed by atoms with Gasteiger partial charge in [0.25, 0.3) is 0 Å². The van der Waals surface area contributed by atoms with Gasteiger partial charge < -0.3 is 10.1 Å². The number of nitrogens with zero attached hydrogens (tertiary/aromatic N) is 2. The molecule has 1 aromatic rings. The standard InChI is InChI=1S/C23H35N3O3/c1-17-9-11-18(12-10-17)20(25-13-5-6-14-25)16-24-21(27)19-8-7-15-26(19)22(28)29-23(2,3)4/h9-12,19-20H,5-8,13-16H2,1-4H3,(H,24,27)/t19-,20?/m0/s1. The van der Waals surface area contributed by atoms with Crippen LogP contribution in [0.15, 0.2) is 24.3 Å². The van der Waals surface area contributed by atoms with Crippen LogP contribution in [-0.2, 0) is 9.53 Å². The fraction of sp³-hybridized carbons (Fsp3) is 0.652. The lowest BCUT2D eigenvalue weighted by atomic mass is 10.0. The van der Waals surface area contributed by atoms with Crippen molar-refractivity contribution in [2.75, 3.05) is 26.2 Å². The van der Waals surface area contributed by atoms with E-state index < -0.39 is 17.7 Å². The van der Waals surface area contributed by atoms with Crippen molar-refractivity contribution in [2.24, 2.45) is 0 Å². The Bertz CT molecular complexity index is 705. The van der Waals surface area contributed by atoms with Crippen molar-refractivity contribution in [3.63, 3.8) is 0 Å². The molecule has 1 aromatic carbocycles. The summed E-state index contributed by atoms with van der Waals surface area (Å²) in [7, 11) is 0. The van der Waals surface area contributed by atoms with Gasteiger partial charge in [0.2, 0.25) is 5.91 Å². The summed E-state index contributed by atoms with van der Waals surface area (Å²) in [5, 5.41) is 3.13. The molecule has 0 aromatic heterocycles. The van der Waals surface area contributed by atoms with Crippen LogP contribution in [0.25, 0.3) is 0 Å². The second-order valence-electron chi connectivity index (χ2n) is 9.25. The van der Waals surface area contributed by atoms with Gasteiger partial charge in [0.1, 0.15) is 11.6 Å². The summed E-state index contributed by atoms with van der Waals surface area (Å²) in [6.07, 6.45) is 3.51. The molecule has 3 rings (SSSR count). The lowest BCUT2D eigenvalue weighted by Crippen LogP contribution is -2.49. The number of amides is 2. The number of carbonyl (C=O) groups is 2. The SMILES string of the molecule is Cc1ccc(C(CNC(=O)[C@@H]2CCCN2C(=O)OC(C)(C)C)N2CCCC2)cc1. The predicted octanol–water partition coefficient (Wildman–Crippen LogP) is 3.65. The highest BCUT2D eigenvalue weighted by Crippen LogP contribution is 2.26. The summed E-state index contributed by atoms with van der Waals surface area (Å²) >= 11 is 0. The van der Waals surface area contributed by atoms with Crippen LogP contribution in [0.2, 0.25) is 0 Å². The third kappa shape index (κ3) is 5.72. The molecule has 0 radical (unpaired) electrons. The highest BCUT2D eigenvalue weighted by Gasteiger charge is 2.37. The average molecular weight is 402 g/mol. The first-order valence-electron chi connectivity index (χ1n) is 10.8. The van der Waals surface area contributed by atoms with Crippen molar-refractivity contribution >= 4 is 12.0 Å². The van der Waals surface area contributed by atoms with Crippen LogP contribution in [0.5, 0.6) is 0 Å². The minimum atomic E-state index is -0.563. The summed E-state index contributed by atoms with van der Waals surface area (Å²) in [6.45, 7) is 10.9. The third-order valence-corrected chi connectivity index (χ3v) is 5.70. The number of nitrogens with one attached hydrogen (secondary N) is 1. The Labute approximate surface area is 174 Å². The summed E-state index contributed by atoms with van der Waals surface area (Å²) in [6, 6.07) is 8.30. The van der Waals surface area contributed by atoms with Gasteiger partial charge in [0.15, 0.2) is 0 Å². The highest BCUT2D eigenvalue weighted by molar-refractivity contribution is 5.86. The highest BCUT2D eigenvalue weighted by atomic mass is 16.6. The molecular formula is C23H35N3O3. The van der Waals surface area contributed by atoms with Crippen LogP contribution in [0.4, 0.5) is 4.79 Å². The van der Waals surface area contributed by atoms with Crippen molar-refractivity contribution in [1.29, 1.82) is 0 Å². The van der Waals surface area contributed by atoms with Crippen molar-refractivity contribution in [1.82, 2.24) is 15.1 Å². The van der Waals surface area contributed by atoms with E-state index in [1.54, 1.807) is 4.90 Å². The van der Waals surface area contributed by atoms with Crippen LogP contribution in [0.3, 0.4) is 0 Å². The van der Waals surface area contributed by atoms with E-state index in [0.717, 1.165) is 19.5 Å². The molecule has 2 saturated heterocycles. The number of hydrogen-bond donors (Lipinski definition) is 1. The third-order valence-electron chi connectivity index (χ3n) is 5.70. The van der Waals surface area contributed by atoms with Crippen LogP contribution >= 0.6 is 0 Å². The lowest BCUT2D eigenvalue weighted by molar-refractivity contribution is -0.125. The number of benzene rings is 1. The minimum absolute atomic E-state index is 0.0790.